The maximum atomic E-state index is 12.3. The number of sulfonamides is 1. The zero-order valence-corrected chi connectivity index (χ0v) is 13.2. The molecular formula is C16H14N2O5S. The van der Waals surface area contributed by atoms with E-state index >= 15 is 0 Å². The number of carbonyl (C=O) groups is 2. The fourth-order valence-electron chi connectivity index (χ4n) is 2.41. The summed E-state index contributed by atoms with van der Waals surface area (Å²) >= 11 is 0. The first kappa shape index (κ1) is 16.2. The molecule has 0 radical (unpaired) electrons. The summed E-state index contributed by atoms with van der Waals surface area (Å²) < 4.78 is 27.6. The van der Waals surface area contributed by atoms with Crippen LogP contribution in [0.1, 0.15) is 5.56 Å². The van der Waals surface area contributed by atoms with Gasteiger partial charge in [-0.2, -0.15) is 0 Å². The minimum Gasteiger partial charge on any atom is -0.426 e. The monoisotopic (exact) mass is 346 g/mol. The van der Waals surface area contributed by atoms with E-state index in [-0.39, 0.29) is 11.3 Å². The SMILES string of the molecule is NS(=O)(=O)c1ccc(NC(=O)C2Cc3ccccc3OC2=O)cc1. The Morgan fingerprint density at radius 3 is 2.46 bits per heavy atom. The predicted octanol–water partition coefficient (Wildman–Crippen LogP) is 1.05. The zero-order valence-electron chi connectivity index (χ0n) is 12.4. The van der Waals surface area contributed by atoms with Gasteiger partial charge in [-0.1, -0.05) is 18.2 Å². The van der Waals surface area contributed by atoms with Crippen LogP contribution in [-0.4, -0.2) is 20.3 Å². The van der Waals surface area contributed by atoms with Crippen molar-refractivity contribution in [2.45, 2.75) is 11.3 Å². The standard InChI is InChI=1S/C16H14N2O5S/c17-24(21,22)12-7-5-11(6-8-12)18-15(19)13-9-10-3-1-2-4-14(10)23-16(13)20/h1-8,13H,9H2,(H,18,19)(H2,17,21,22). The van der Waals surface area contributed by atoms with Crippen molar-refractivity contribution in [2.24, 2.45) is 11.1 Å². The molecule has 7 nitrogen and oxygen atoms in total. The Morgan fingerprint density at radius 2 is 1.79 bits per heavy atom. The van der Waals surface area contributed by atoms with Crippen LogP contribution in [0.3, 0.4) is 0 Å². The molecule has 0 fully saturated rings. The second-order valence-electron chi connectivity index (χ2n) is 5.34. The molecule has 1 aliphatic rings. The number of nitrogens with one attached hydrogen (secondary N) is 1. The van der Waals surface area contributed by atoms with Crippen molar-refractivity contribution in [1.29, 1.82) is 0 Å². The van der Waals surface area contributed by atoms with Gasteiger partial charge < -0.3 is 10.1 Å². The van der Waals surface area contributed by atoms with Crippen LogP contribution in [0.5, 0.6) is 5.75 Å². The van der Waals surface area contributed by atoms with E-state index < -0.39 is 27.8 Å². The number of amides is 1. The van der Waals surface area contributed by atoms with Crippen LogP contribution in [-0.2, 0) is 26.0 Å². The molecule has 0 saturated carbocycles. The van der Waals surface area contributed by atoms with Crippen LogP contribution >= 0.6 is 0 Å². The van der Waals surface area contributed by atoms with Crippen molar-refractivity contribution in [3.8, 4) is 5.75 Å². The summed E-state index contributed by atoms with van der Waals surface area (Å²) in [6, 6.07) is 12.4. The molecule has 1 amide bonds. The van der Waals surface area contributed by atoms with Gasteiger partial charge in [0.2, 0.25) is 15.9 Å². The Morgan fingerprint density at radius 1 is 1.12 bits per heavy atom. The number of hydrogen-bond donors (Lipinski definition) is 2. The molecule has 24 heavy (non-hydrogen) atoms. The molecular weight excluding hydrogens is 332 g/mol. The highest BCUT2D eigenvalue weighted by atomic mass is 32.2. The maximum Gasteiger partial charge on any atom is 0.324 e. The van der Waals surface area contributed by atoms with Crippen LogP contribution in [0.15, 0.2) is 53.4 Å². The molecule has 0 aromatic heterocycles. The van der Waals surface area contributed by atoms with Gasteiger partial charge in [-0.05, 0) is 42.3 Å². The zero-order chi connectivity index (χ0) is 17.3. The van der Waals surface area contributed by atoms with E-state index in [0.717, 1.165) is 5.56 Å². The highest BCUT2D eigenvalue weighted by molar-refractivity contribution is 7.89. The molecule has 0 bridgehead atoms. The third-order valence-corrected chi connectivity index (χ3v) is 4.59. The molecule has 1 aliphatic heterocycles. The topological polar surface area (TPSA) is 116 Å². The van der Waals surface area contributed by atoms with E-state index in [9.17, 15) is 18.0 Å². The van der Waals surface area contributed by atoms with Gasteiger partial charge in [0.25, 0.3) is 0 Å². The summed E-state index contributed by atoms with van der Waals surface area (Å²) in [5, 5.41) is 7.59. The first-order valence-corrected chi connectivity index (χ1v) is 8.62. The number of primary sulfonamides is 1. The number of ether oxygens (including phenoxy) is 1. The van der Waals surface area contributed by atoms with Crippen molar-refractivity contribution in [3.05, 3.63) is 54.1 Å². The molecule has 1 atom stereocenters. The van der Waals surface area contributed by atoms with Crippen molar-refractivity contribution in [1.82, 2.24) is 0 Å². The fourth-order valence-corrected chi connectivity index (χ4v) is 2.93. The Bertz CT molecular complexity index is 906. The number of rotatable bonds is 3. The summed E-state index contributed by atoms with van der Waals surface area (Å²) in [6.45, 7) is 0. The maximum absolute atomic E-state index is 12.3. The highest BCUT2D eigenvalue weighted by Gasteiger charge is 2.34. The van der Waals surface area contributed by atoms with Crippen LogP contribution in [0.25, 0.3) is 0 Å². The van der Waals surface area contributed by atoms with Gasteiger partial charge in [0.05, 0.1) is 4.90 Å². The molecule has 124 valence electrons. The number of benzene rings is 2. The lowest BCUT2D eigenvalue weighted by Gasteiger charge is -2.22. The highest BCUT2D eigenvalue weighted by Crippen LogP contribution is 2.28. The van der Waals surface area contributed by atoms with Crippen LogP contribution in [0, 0.1) is 5.92 Å². The number of nitrogens with two attached hydrogens (primary N) is 1. The Balaban J connectivity index is 1.75. The molecule has 8 heteroatoms. The van der Waals surface area contributed by atoms with E-state index in [1.165, 1.54) is 24.3 Å². The Labute approximate surface area is 138 Å². The van der Waals surface area contributed by atoms with Gasteiger partial charge >= 0.3 is 5.97 Å². The summed E-state index contributed by atoms with van der Waals surface area (Å²) in [5.41, 5.74) is 1.14. The van der Waals surface area contributed by atoms with Crippen LogP contribution < -0.4 is 15.2 Å². The number of para-hydroxylation sites is 1. The lowest BCUT2D eigenvalue weighted by atomic mass is 9.95. The molecule has 0 spiro atoms. The number of anilines is 1. The van der Waals surface area contributed by atoms with Gasteiger partial charge in [0.15, 0.2) is 0 Å². The molecule has 0 aliphatic carbocycles. The van der Waals surface area contributed by atoms with Crippen LogP contribution in [0.4, 0.5) is 5.69 Å². The number of hydrogen-bond acceptors (Lipinski definition) is 5. The first-order valence-electron chi connectivity index (χ1n) is 7.08. The molecule has 2 aromatic carbocycles. The lowest BCUT2D eigenvalue weighted by Crippen LogP contribution is -2.37. The minimum atomic E-state index is -3.80. The molecule has 3 rings (SSSR count). The van der Waals surface area contributed by atoms with E-state index in [1.54, 1.807) is 24.3 Å². The second-order valence-corrected chi connectivity index (χ2v) is 6.91. The van der Waals surface area contributed by atoms with E-state index in [0.29, 0.717) is 11.4 Å². The summed E-state index contributed by atoms with van der Waals surface area (Å²) in [4.78, 5) is 24.2. The predicted molar refractivity (Wildman–Crippen MR) is 85.7 cm³/mol. The van der Waals surface area contributed by atoms with E-state index in [2.05, 4.69) is 5.32 Å². The number of carbonyl (C=O) groups excluding carboxylic acids is 2. The van der Waals surface area contributed by atoms with E-state index in [1.807, 2.05) is 0 Å². The third-order valence-electron chi connectivity index (χ3n) is 3.66. The lowest BCUT2D eigenvalue weighted by molar-refractivity contribution is -0.144. The van der Waals surface area contributed by atoms with Crippen molar-refractivity contribution < 1.29 is 22.7 Å². The summed E-state index contributed by atoms with van der Waals surface area (Å²) in [5.74, 6) is -1.63. The van der Waals surface area contributed by atoms with Gasteiger partial charge in [-0.25, -0.2) is 13.6 Å². The second kappa shape index (κ2) is 6.06. The molecule has 3 N–H and O–H groups in total. The summed E-state index contributed by atoms with van der Waals surface area (Å²) in [7, 11) is -3.80. The van der Waals surface area contributed by atoms with Gasteiger partial charge in [-0.15, -0.1) is 0 Å². The fraction of sp³-hybridized carbons (Fsp3) is 0.125. The van der Waals surface area contributed by atoms with Crippen molar-refractivity contribution in [2.75, 3.05) is 5.32 Å². The Kier molecular flexibility index (Phi) is 4.08. The molecule has 1 heterocycles. The minimum absolute atomic E-state index is 0.0634. The smallest absolute Gasteiger partial charge is 0.324 e. The number of esters is 1. The van der Waals surface area contributed by atoms with Gasteiger partial charge in [0.1, 0.15) is 11.7 Å². The van der Waals surface area contributed by atoms with Crippen LogP contribution in [0.2, 0.25) is 0 Å². The first-order chi connectivity index (χ1) is 11.3. The Hall–Kier alpha value is -2.71. The van der Waals surface area contributed by atoms with E-state index in [4.69, 9.17) is 9.88 Å². The average Bonchev–Trinajstić information content (AvgIpc) is 2.53. The quantitative estimate of drug-likeness (QED) is 0.490. The third kappa shape index (κ3) is 3.29. The largest absolute Gasteiger partial charge is 0.426 e. The normalized spacial score (nSPS) is 16.9. The molecule has 2 aromatic rings. The summed E-state index contributed by atoms with van der Waals surface area (Å²) in [6.07, 6.45) is 0.246. The van der Waals surface area contributed by atoms with Gasteiger partial charge in [-0.3, -0.25) is 9.59 Å². The van der Waals surface area contributed by atoms with Crippen molar-refractivity contribution in [3.63, 3.8) is 0 Å². The molecule has 1 unspecified atom stereocenters. The van der Waals surface area contributed by atoms with Crippen molar-refractivity contribution >= 4 is 27.6 Å². The average molecular weight is 346 g/mol. The number of fused-ring (bicyclic) bond motifs is 1. The van der Waals surface area contributed by atoms with Gasteiger partial charge in [0, 0.05) is 5.69 Å². The molecule has 0 saturated heterocycles.